The van der Waals surface area contributed by atoms with E-state index in [0.717, 1.165) is 41.5 Å². The predicted octanol–water partition coefficient (Wildman–Crippen LogP) is 2.60. The number of benzene rings is 1. The van der Waals surface area contributed by atoms with Crippen LogP contribution in [0.1, 0.15) is 44.6 Å². The first-order chi connectivity index (χ1) is 15.9. The highest BCUT2D eigenvalue weighted by atomic mass is 32.2. The quantitative estimate of drug-likeness (QED) is 0.303. The van der Waals surface area contributed by atoms with E-state index < -0.39 is 0 Å². The number of carbonyl (C=O) groups excluding carboxylic acids is 3. The minimum Gasteiger partial charge on any atom is -0.497 e. The number of nitrogens with one attached hydrogen (secondary N) is 2. The molecule has 1 unspecified atom stereocenters. The van der Waals surface area contributed by atoms with Crippen molar-refractivity contribution in [3.63, 3.8) is 0 Å². The maximum Gasteiger partial charge on any atom is 0.242 e. The Labute approximate surface area is 199 Å². The van der Waals surface area contributed by atoms with Gasteiger partial charge in [-0.05, 0) is 49.9 Å². The highest BCUT2D eigenvalue weighted by Gasteiger charge is 2.38. The molecule has 2 heterocycles. The Bertz CT molecular complexity index is 975. The van der Waals surface area contributed by atoms with Crippen LogP contribution in [0.5, 0.6) is 5.75 Å². The molecule has 180 valence electrons. The molecule has 1 aliphatic rings. The molecule has 33 heavy (non-hydrogen) atoms. The van der Waals surface area contributed by atoms with Crippen LogP contribution in [0.2, 0.25) is 0 Å². The number of aromatic nitrogens is 1. The van der Waals surface area contributed by atoms with Gasteiger partial charge in [-0.2, -0.15) is 0 Å². The zero-order chi connectivity index (χ0) is 23.8. The van der Waals surface area contributed by atoms with Crippen molar-refractivity contribution < 1.29 is 19.1 Å². The lowest BCUT2D eigenvalue weighted by molar-refractivity contribution is -0.138. The van der Waals surface area contributed by atoms with E-state index in [9.17, 15) is 14.4 Å². The van der Waals surface area contributed by atoms with Crippen molar-refractivity contribution in [1.82, 2.24) is 15.2 Å². The Morgan fingerprint density at radius 3 is 2.91 bits per heavy atom. The minimum atomic E-state index is -0.299. The summed E-state index contributed by atoms with van der Waals surface area (Å²) < 4.78 is 5.29. The summed E-state index contributed by atoms with van der Waals surface area (Å²) in [6.45, 7) is 2.89. The van der Waals surface area contributed by atoms with E-state index in [1.165, 1.54) is 16.7 Å². The van der Waals surface area contributed by atoms with Gasteiger partial charge in [0.15, 0.2) is 0 Å². The molecular weight excluding hydrogens is 440 g/mol. The molecule has 1 fully saturated rings. The van der Waals surface area contributed by atoms with Gasteiger partial charge in [0, 0.05) is 54.8 Å². The van der Waals surface area contributed by atoms with Crippen LogP contribution < -0.4 is 15.8 Å². The number of nitrogens with zero attached hydrogens (tertiary/aromatic N) is 1. The number of fused-ring (bicyclic) bond motifs is 1. The van der Waals surface area contributed by atoms with E-state index >= 15 is 0 Å². The summed E-state index contributed by atoms with van der Waals surface area (Å²) in [6.07, 6.45) is 5.65. The Kier molecular flexibility index (Phi) is 9.20. The molecule has 1 aromatic carbocycles. The zero-order valence-electron chi connectivity index (χ0n) is 19.4. The normalized spacial score (nSPS) is 17.1. The molecular formula is C24H34N4O4S. The van der Waals surface area contributed by atoms with Gasteiger partial charge in [-0.25, -0.2) is 0 Å². The van der Waals surface area contributed by atoms with Crippen molar-refractivity contribution in [2.75, 3.05) is 26.0 Å². The Morgan fingerprint density at radius 2 is 2.15 bits per heavy atom. The molecule has 2 aromatic rings. The van der Waals surface area contributed by atoms with E-state index in [4.69, 9.17) is 10.5 Å². The standard InChI is InChI=1S/C24H34N4O4S/c1-16(25)15-33-21-13-23(30)28(24(21)31)11-5-3-4-6-22(29)26-10-9-17-14-27-20-8-7-18(32-2)12-19(17)20/h7-8,12,14,16,21,27H,3-6,9-11,13,15,25H2,1-2H3,(H,26,29)/t16-,21?/m1/s1. The second kappa shape index (κ2) is 12.1. The second-order valence-corrected chi connectivity index (χ2v) is 9.76. The summed E-state index contributed by atoms with van der Waals surface area (Å²) in [6, 6.07) is 5.90. The number of methoxy groups -OCH3 is 1. The van der Waals surface area contributed by atoms with Gasteiger partial charge in [0.25, 0.3) is 0 Å². The van der Waals surface area contributed by atoms with Crippen molar-refractivity contribution in [3.05, 3.63) is 30.0 Å². The van der Waals surface area contributed by atoms with Gasteiger partial charge < -0.3 is 20.8 Å². The molecule has 3 amide bonds. The summed E-state index contributed by atoms with van der Waals surface area (Å²) in [4.78, 5) is 41.3. The van der Waals surface area contributed by atoms with Crippen molar-refractivity contribution in [1.29, 1.82) is 0 Å². The number of carbonyl (C=O) groups is 3. The summed E-state index contributed by atoms with van der Waals surface area (Å²) in [5, 5.41) is 3.78. The lowest BCUT2D eigenvalue weighted by Gasteiger charge is -2.15. The largest absolute Gasteiger partial charge is 0.497 e. The van der Waals surface area contributed by atoms with E-state index in [2.05, 4.69) is 10.3 Å². The zero-order valence-corrected chi connectivity index (χ0v) is 20.2. The van der Waals surface area contributed by atoms with Gasteiger partial charge in [0.2, 0.25) is 17.7 Å². The number of hydrogen-bond acceptors (Lipinski definition) is 6. The molecule has 0 radical (unpaired) electrons. The van der Waals surface area contributed by atoms with Crippen LogP contribution >= 0.6 is 11.8 Å². The van der Waals surface area contributed by atoms with Crippen LogP contribution in [-0.2, 0) is 20.8 Å². The Balaban J connectivity index is 1.30. The number of thioether (sulfide) groups is 1. The van der Waals surface area contributed by atoms with E-state index in [-0.39, 0.29) is 35.4 Å². The Morgan fingerprint density at radius 1 is 1.33 bits per heavy atom. The number of likely N-dealkylation sites (tertiary alicyclic amines) is 1. The first kappa shape index (κ1) is 25.1. The summed E-state index contributed by atoms with van der Waals surface area (Å²) >= 11 is 1.47. The number of aromatic amines is 1. The number of unbranched alkanes of at least 4 members (excludes halogenated alkanes) is 2. The highest BCUT2D eigenvalue weighted by Crippen LogP contribution is 2.26. The number of nitrogens with two attached hydrogens (primary N) is 1. The minimum absolute atomic E-state index is 0.00368. The maximum atomic E-state index is 12.4. The molecule has 1 saturated heterocycles. The molecule has 0 aliphatic carbocycles. The van der Waals surface area contributed by atoms with Crippen LogP contribution in [0.3, 0.4) is 0 Å². The summed E-state index contributed by atoms with van der Waals surface area (Å²) in [5.41, 5.74) is 7.93. The third-order valence-electron chi connectivity index (χ3n) is 5.74. The van der Waals surface area contributed by atoms with E-state index in [1.807, 2.05) is 31.3 Å². The average Bonchev–Trinajstić information content (AvgIpc) is 3.32. The number of amides is 3. The topological polar surface area (TPSA) is 118 Å². The number of rotatable bonds is 13. The molecule has 8 nitrogen and oxygen atoms in total. The van der Waals surface area contributed by atoms with Gasteiger partial charge in [0.05, 0.1) is 12.4 Å². The molecule has 0 saturated carbocycles. The molecule has 2 atom stereocenters. The molecule has 1 aromatic heterocycles. The predicted molar refractivity (Wildman–Crippen MR) is 131 cm³/mol. The van der Waals surface area contributed by atoms with Crippen molar-refractivity contribution in [2.45, 2.75) is 56.7 Å². The number of hydrogen-bond donors (Lipinski definition) is 3. The number of ether oxygens (including phenoxy) is 1. The summed E-state index contributed by atoms with van der Waals surface area (Å²) in [7, 11) is 1.65. The van der Waals surface area contributed by atoms with Crippen molar-refractivity contribution >= 4 is 40.4 Å². The van der Waals surface area contributed by atoms with Crippen LogP contribution in [0.25, 0.3) is 10.9 Å². The van der Waals surface area contributed by atoms with Gasteiger partial charge in [0.1, 0.15) is 5.75 Å². The lowest BCUT2D eigenvalue weighted by atomic mass is 10.1. The Hall–Kier alpha value is -2.52. The third kappa shape index (κ3) is 6.98. The first-order valence-corrected chi connectivity index (χ1v) is 12.6. The average molecular weight is 475 g/mol. The second-order valence-electron chi connectivity index (χ2n) is 8.52. The van der Waals surface area contributed by atoms with Crippen LogP contribution in [0.4, 0.5) is 0 Å². The van der Waals surface area contributed by atoms with Gasteiger partial charge in [-0.1, -0.05) is 6.42 Å². The number of H-pyrrole nitrogens is 1. The van der Waals surface area contributed by atoms with E-state index in [1.54, 1.807) is 7.11 Å². The van der Waals surface area contributed by atoms with Gasteiger partial charge in [-0.15, -0.1) is 11.8 Å². The van der Waals surface area contributed by atoms with Crippen LogP contribution in [0, 0.1) is 0 Å². The first-order valence-electron chi connectivity index (χ1n) is 11.5. The SMILES string of the molecule is COc1ccc2[nH]cc(CCNC(=O)CCCCCN3C(=O)CC(SC[C@@H](C)N)C3=O)c2c1. The van der Waals surface area contributed by atoms with Crippen LogP contribution in [-0.4, -0.2) is 64.8 Å². The van der Waals surface area contributed by atoms with E-state index in [0.29, 0.717) is 31.7 Å². The monoisotopic (exact) mass is 474 g/mol. The fourth-order valence-corrected chi connectivity index (χ4v) is 5.00. The molecule has 0 spiro atoms. The summed E-state index contributed by atoms with van der Waals surface area (Å²) in [5.74, 6) is 1.30. The third-order valence-corrected chi connectivity index (χ3v) is 7.23. The smallest absolute Gasteiger partial charge is 0.242 e. The fourth-order valence-electron chi connectivity index (χ4n) is 3.93. The maximum absolute atomic E-state index is 12.4. The van der Waals surface area contributed by atoms with Gasteiger partial charge in [-0.3, -0.25) is 19.3 Å². The van der Waals surface area contributed by atoms with Crippen molar-refractivity contribution in [2.24, 2.45) is 5.73 Å². The van der Waals surface area contributed by atoms with Crippen LogP contribution in [0.15, 0.2) is 24.4 Å². The lowest BCUT2D eigenvalue weighted by Crippen LogP contribution is -2.32. The molecule has 0 bridgehead atoms. The van der Waals surface area contributed by atoms with Crippen molar-refractivity contribution in [3.8, 4) is 5.75 Å². The fraction of sp³-hybridized carbons (Fsp3) is 0.542. The molecule has 3 rings (SSSR count). The highest BCUT2D eigenvalue weighted by molar-refractivity contribution is 8.00. The molecule has 4 N–H and O–H groups in total. The van der Waals surface area contributed by atoms with Gasteiger partial charge >= 0.3 is 0 Å². The molecule has 9 heteroatoms. The number of imide groups is 1. The molecule has 1 aliphatic heterocycles.